The Morgan fingerprint density at radius 1 is 1.10 bits per heavy atom. The van der Waals surface area contributed by atoms with Crippen LogP contribution in [0.3, 0.4) is 0 Å². The fourth-order valence-corrected chi connectivity index (χ4v) is 4.16. The molecule has 2 aromatic rings. The highest BCUT2D eigenvalue weighted by Crippen LogP contribution is 2.33. The molecule has 2 aromatic carbocycles. The molecule has 0 aromatic heterocycles. The number of halogens is 2. The zero-order chi connectivity index (χ0) is 22.2. The second-order valence-electron chi connectivity index (χ2n) is 8.01. The molecule has 2 N–H and O–H groups in total. The molecule has 1 atom stereocenters. The van der Waals surface area contributed by atoms with E-state index < -0.39 is 28.9 Å². The smallest absolute Gasteiger partial charge is 0.266 e. The van der Waals surface area contributed by atoms with Gasteiger partial charge in [-0.05, 0) is 60.7 Å². The highest BCUT2D eigenvalue weighted by Gasteiger charge is 2.50. The third kappa shape index (κ3) is 4.20. The van der Waals surface area contributed by atoms with Gasteiger partial charge in [0.2, 0.25) is 11.5 Å². The number of carbonyl (C=O) groups is 3. The lowest BCUT2D eigenvalue weighted by atomic mass is 9.92. The van der Waals surface area contributed by atoms with Crippen molar-refractivity contribution in [2.75, 3.05) is 16.8 Å². The summed E-state index contributed by atoms with van der Waals surface area (Å²) in [4.78, 5) is 38.4. The standard InChI is InChI=1S/C23H22F2N2O4/c24-16-10-14(11-17(25)13-16)2-1-3-20(28)23(31)8-9-27(22(23)30)18-5-6-19-15(12-18)4-7-21(29)26-19/h5-6,10-13,31H,1-4,7-9H2,(H,26,29)/t23-/m1/s1. The lowest BCUT2D eigenvalue weighted by Crippen LogP contribution is -2.46. The molecule has 31 heavy (non-hydrogen) atoms. The van der Waals surface area contributed by atoms with Crippen molar-refractivity contribution >= 4 is 29.0 Å². The Labute approximate surface area is 177 Å². The monoisotopic (exact) mass is 428 g/mol. The number of fused-ring (bicyclic) bond motifs is 1. The average Bonchev–Trinajstić information content (AvgIpc) is 3.03. The minimum absolute atomic E-state index is 0.0208. The van der Waals surface area contributed by atoms with E-state index >= 15 is 0 Å². The Morgan fingerprint density at radius 3 is 2.58 bits per heavy atom. The summed E-state index contributed by atoms with van der Waals surface area (Å²) in [6.45, 7) is 0.196. The summed E-state index contributed by atoms with van der Waals surface area (Å²) < 4.78 is 26.6. The van der Waals surface area contributed by atoms with Crippen molar-refractivity contribution in [1.29, 1.82) is 0 Å². The molecule has 0 spiro atoms. The first-order valence-corrected chi connectivity index (χ1v) is 10.2. The van der Waals surface area contributed by atoms with Gasteiger partial charge in [0.15, 0.2) is 5.78 Å². The molecule has 2 amide bonds. The summed E-state index contributed by atoms with van der Waals surface area (Å²) in [5.74, 6) is -2.70. The molecule has 1 fully saturated rings. The van der Waals surface area contributed by atoms with Crippen LogP contribution in [0.2, 0.25) is 0 Å². The van der Waals surface area contributed by atoms with Crippen molar-refractivity contribution in [1.82, 2.24) is 0 Å². The Bertz CT molecular complexity index is 1050. The maximum atomic E-state index is 13.3. The van der Waals surface area contributed by atoms with E-state index in [4.69, 9.17) is 0 Å². The van der Waals surface area contributed by atoms with Gasteiger partial charge in [0.05, 0.1) is 0 Å². The van der Waals surface area contributed by atoms with E-state index in [0.29, 0.717) is 29.8 Å². The molecule has 0 saturated carbocycles. The van der Waals surface area contributed by atoms with Gasteiger partial charge in [0.25, 0.3) is 5.91 Å². The van der Waals surface area contributed by atoms with Crippen LogP contribution >= 0.6 is 0 Å². The first kappa shape index (κ1) is 21.1. The van der Waals surface area contributed by atoms with Crippen LogP contribution in [0.25, 0.3) is 0 Å². The number of amides is 2. The Kier molecular flexibility index (Phi) is 5.58. The summed E-state index contributed by atoms with van der Waals surface area (Å²) >= 11 is 0. The topological polar surface area (TPSA) is 86.7 Å². The van der Waals surface area contributed by atoms with Gasteiger partial charge in [0, 0.05) is 43.2 Å². The fraction of sp³-hybridized carbons (Fsp3) is 0.348. The van der Waals surface area contributed by atoms with Gasteiger partial charge in [0.1, 0.15) is 11.6 Å². The number of hydrogen-bond donors (Lipinski definition) is 2. The second kappa shape index (κ2) is 8.19. The third-order valence-corrected chi connectivity index (χ3v) is 5.85. The van der Waals surface area contributed by atoms with Crippen LogP contribution < -0.4 is 10.2 Å². The van der Waals surface area contributed by atoms with Gasteiger partial charge in [-0.25, -0.2) is 8.78 Å². The second-order valence-corrected chi connectivity index (χ2v) is 8.01. The van der Waals surface area contributed by atoms with Crippen molar-refractivity contribution in [3.8, 4) is 0 Å². The molecule has 0 bridgehead atoms. The molecule has 0 aliphatic carbocycles. The van der Waals surface area contributed by atoms with E-state index in [1.54, 1.807) is 18.2 Å². The number of anilines is 2. The van der Waals surface area contributed by atoms with Gasteiger partial charge in [-0.3, -0.25) is 14.4 Å². The van der Waals surface area contributed by atoms with Crippen LogP contribution in [-0.4, -0.2) is 34.8 Å². The van der Waals surface area contributed by atoms with Gasteiger partial charge >= 0.3 is 0 Å². The number of nitrogens with one attached hydrogen (secondary N) is 1. The predicted octanol–water partition coefficient (Wildman–Crippen LogP) is 2.91. The summed E-state index contributed by atoms with van der Waals surface area (Å²) in [6.07, 6.45) is 1.33. The first-order valence-electron chi connectivity index (χ1n) is 10.2. The van der Waals surface area contributed by atoms with Crippen LogP contribution in [0.15, 0.2) is 36.4 Å². The maximum absolute atomic E-state index is 13.3. The molecule has 8 heteroatoms. The number of aliphatic hydroxyl groups is 1. The third-order valence-electron chi connectivity index (χ3n) is 5.85. The Balaban J connectivity index is 1.41. The van der Waals surface area contributed by atoms with Crippen LogP contribution in [0, 0.1) is 11.6 Å². The van der Waals surface area contributed by atoms with E-state index in [-0.39, 0.29) is 38.1 Å². The number of hydrogen-bond acceptors (Lipinski definition) is 4. The zero-order valence-corrected chi connectivity index (χ0v) is 16.8. The molecule has 6 nitrogen and oxygen atoms in total. The lowest BCUT2D eigenvalue weighted by Gasteiger charge is -2.23. The lowest BCUT2D eigenvalue weighted by molar-refractivity contribution is -0.147. The normalized spacial score (nSPS) is 20.5. The fourth-order valence-electron chi connectivity index (χ4n) is 4.16. The van der Waals surface area contributed by atoms with E-state index in [1.807, 2.05) is 0 Å². The number of aryl methyl sites for hydroxylation is 2. The van der Waals surface area contributed by atoms with Crippen molar-refractivity contribution in [2.24, 2.45) is 0 Å². The van der Waals surface area contributed by atoms with Crippen molar-refractivity contribution < 1.29 is 28.3 Å². The maximum Gasteiger partial charge on any atom is 0.266 e. The van der Waals surface area contributed by atoms with Crippen molar-refractivity contribution in [3.63, 3.8) is 0 Å². The molecule has 2 heterocycles. The highest BCUT2D eigenvalue weighted by molar-refractivity contribution is 6.17. The minimum atomic E-state index is -2.10. The molecule has 162 valence electrons. The van der Waals surface area contributed by atoms with Crippen LogP contribution in [0.1, 0.15) is 36.8 Å². The predicted molar refractivity (Wildman–Crippen MR) is 110 cm³/mol. The molecule has 2 aliphatic heterocycles. The van der Waals surface area contributed by atoms with Gasteiger partial charge in [-0.15, -0.1) is 0 Å². The molecule has 4 rings (SSSR count). The summed E-state index contributed by atoms with van der Waals surface area (Å²) in [7, 11) is 0. The number of benzene rings is 2. The van der Waals surface area contributed by atoms with E-state index in [9.17, 15) is 28.3 Å². The average molecular weight is 428 g/mol. The van der Waals surface area contributed by atoms with Gasteiger partial charge < -0.3 is 15.3 Å². The van der Waals surface area contributed by atoms with Crippen molar-refractivity contribution in [3.05, 3.63) is 59.2 Å². The number of ketones is 1. The van der Waals surface area contributed by atoms with Crippen LogP contribution in [-0.2, 0) is 27.2 Å². The SMILES string of the molecule is O=C1CCc2cc(N3CC[C@@](O)(C(=O)CCCc4cc(F)cc(F)c4)C3=O)ccc2N1. The molecule has 0 unspecified atom stereocenters. The number of carbonyl (C=O) groups excluding carboxylic acids is 3. The first-order chi connectivity index (χ1) is 14.8. The summed E-state index contributed by atoms with van der Waals surface area (Å²) in [5.41, 5.74) is 0.481. The Morgan fingerprint density at radius 2 is 1.84 bits per heavy atom. The van der Waals surface area contributed by atoms with E-state index in [0.717, 1.165) is 11.6 Å². The molecular weight excluding hydrogens is 406 g/mol. The number of nitrogens with zero attached hydrogens (tertiary/aromatic N) is 1. The van der Waals surface area contributed by atoms with Crippen LogP contribution in [0.5, 0.6) is 0 Å². The Hall–Kier alpha value is -3.13. The molecule has 0 radical (unpaired) electrons. The zero-order valence-electron chi connectivity index (χ0n) is 16.8. The highest BCUT2D eigenvalue weighted by atomic mass is 19.1. The largest absolute Gasteiger partial charge is 0.373 e. The summed E-state index contributed by atoms with van der Waals surface area (Å²) in [6, 6.07) is 8.36. The number of rotatable bonds is 6. The van der Waals surface area contributed by atoms with Gasteiger partial charge in [-0.1, -0.05) is 0 Å². The molecule has 1 saturated heterocycles. The molecular formula is C23H22F2N2O4. The van der Waals surface area contributed by atoms with E-state index in [1.165, 1.54) is 17.0 Å². The van der Waals surface area contributed by atoms with Crippen molar-refractivity contribution in [2.45, 2.75) is 44.1 Å². The van der Waals surface area contributed by atoms with E-state index in [2.05, 4.69) is 5.32 Å². The quantitative estimate of drug-likeness (QED) is 0.693. The van der Waals surface area contributed by atoms with Crippen LogP contribution in [0.4, 0.5) is 20.2 Å². The minimum Gasteiger partial charge on any atom is -0.373 e. The molecule has 2 aliphatic rings. The number of Topliss-reactive ketones (excluding diaryl/α,β-unsaturated/α-hetero) is 1. The van der Waals surface area contributed by atoms with Gasteiger partial charge in [-0.2, -0.15) is 0 Å². The summed E-state index contributed by atoms with van der Waals surface area (Å²) in [5, 5.41) is 13.6.